The zero-order chi connectivity index (χ0) is 12.5. The van der Waals surface area contributed by atoms with Gasteiger partial charge in [-0.3, -0.25) is 0 Å². The Kier molecular flexibility index (Phi) is 3.29. The molecule has 3 aliphatic rings. The highest BCUT2D eigenvalue weighted by atomic mass is 16.5. The Labute approximate surface area is 110 Å². The van der Waals surface area contributed by atoms with Crippen LogP contribution in [-0.2, 0) is 0 Å². The van der Waals surface area contributed by atoms with Crippen molar-refractivity contribution in [3.8, 4) is 5.75 Å². The number of hydrogen-bond acceptors (Lipinski definition) is 2. The molecule has 2 nitrogen and oxygen atoms in total. The zero-order valence-electron chi connectivity index (χ0n) is 11.1. The molecule has 0 saturated heterocycles. The van der Waals surface area contributed by atoms with E-state index < -0.39 is 0 Å². The first kappa shape index (κ1) is 12.0. The smallest absolute Gasteiger partial charge is 0.118 e. The largest absolute Gasteiger partial charge is 0.497 e. The predicted molar refractivity (Wildman–Crippen MR) is 73.7 cm³/mol. The average Bonchev–Trinajstić information content (AvgIpc) is 2.47. The summed E-state index contributed by atoms with van der Waals surface area (Å²) in [7, 11) is 1.72. The average molecular weight is 245 g/mol. The van der Waals surface area contributed by atoms with Gasteiger partial charge >= 0.3 is 0 Å². The molecule has 2 unspecified atom stereocenters. The first-order valence-corrected chi connectivity index (χ1v) is 7.17. The summed E-state index contributed by atoms with van der Waals surface area (Å²) in [6, 6.07) is 8.66. The van der Waals surface area contributed by atoms with Crippen LogP contribution in [-0.4, -0.2) is 13.7 Å². The summed E-state index contributed by atoms with van der Waals surface area (Å²) in [5.41, 5.74) is 7.52. The minimum absolute atomic E-state index is 0.688. The summed E-state index contributed by atoms with van der Waals surface area (Å²) in [6.45, 7) is 0.845. The van der Waals surface area contributed by atoms with E-state index >= 15 is 0 Å². The highest BCUT2D eigenvalue weighted by Crippen LogP contribution is 2.52. The first-order valence-electron chi connectivity index (χ1n) is 7.17. The Hall–Kier alpha value is -1.02. The quantitative estimate of drug-likeness (QED) is 0.887. The van der Waals surface area contributed by atoms with Crippen LogP contribution in [0.4, 0.5) is 0 Å². The van der Waals surface area contributed by atoms with Crippen LogP contribution in [0.3, 0.4) is 0 Å². The molecular formula is C16H23NO. The van der Waals surface area contributed by atoms with Crippen molar-refractivity contribution in [1.29, 1.82) is 0 Å². The van der Waals surface area contributed by atoms with Crippen LogP contribution >= 0.6 is 0 Å². The van der Waals surface area contributed by atoms with Gasteiger partial charge in [0, 0.05) is 0 Å². The van der Waals surface area contributed by atoms with Gasteiger partial charge in [-0.05, 0) is 73.6 Å². The monoisotopic (exact) mass is 245 g/mol. The minimum atomic E-state index is 0.688. The van der Waals surface area contributed by atoms with Gasteiger partial charge in [-0.2, -0.15) is 0 Å². The summed E-state index contributed by atoms with van der Waals surface area (Å²) in [4.78, 5) is 0. The molecule has 1 aromatic rings. The van der Waals surface area contributed by atoms with Crippen LogP contribution in [0.2, 0.25) is 0 Å². The molecule has 3 aliphatic carbocycles. The van der Waals surface area contributed by atoms with Gasteiger partial charge in [-0.25, -0.2) is 0 Å². The number of fused-ring (bicyclic) bond motifs is 3. The maximum atomic E-state index is 6.05. The normalized spacial score (nSPS) is 34.6. The van der Waals surface area contributed by atoms with Crippen molar-refractivity contribution in [2.75, 3.05) is 13.7 Å². The molecule has 4 rings (SSSR count). The van der Waals surface area contributed by atoms with Crippen molar-refractivity contribution in [1.82, 2.24) is 0 Å². The Morgan fingerprint density at radius 2 is 1.67 bits per heavy atom. The maximum absolute atomic E-state index is 6.05. The number of ether oxygens (including phenoxy) is 1. The fraction of sp³-hybridized carbons (Fsp3) is 0.625. The second-order valence-electron chi connectivity index (χ2n) is 5.87. The summed E-state index contributed by atoms with van der Waals surface area (Å²) < 4.78 is 5.25. The van der Waals surface area contributed by atoms with Gasteiger partial charge in [0.25, 0.3) is 0 Å². The molecule has 3 saturated carbocycles. The van der Waals surface area contributed by atoms with E-state index in [1.165, 1.54) is 31.2 Å². The van der Waals surface area contributed by atoms with Gasteiger partial charge in [0.1, 0.15) is 5.75 Å². The lowest BCUT2D eigenvalue weighted by Crippen LogP contribution is -2.42. The molecular weight excluding hydrogens is 222 g/mol. The van der Waals surface area contributed by atoms with Gasteiger partial charge in [-0.1, -0.05) is 12.1 Å². The lowest BCUT2D eigenvalue weighted by atomic mass is 9.57. The van der Waals surface area contributed by atoms with Crippen molar-refractivity contribution >= 4 is 0 Å². The summed E-state index contributed by atoms with van der Waals surface area (Å²) in [5.74, 6) is 4.06. The fourth-order valence-corrected chi connectivity index (χ4v) is 4.26. The number of rotatable bonds is 3. The molecule has 0 radical (unpaired) electrons. The third-order valence-corrected chi connectivity index (χ3v) is 5.16. The van der Waals surface area contributed by atoms with E-state index in [1.54, 1.807) is 7.11 Å². The highest BCUT2D eigenvalue weighted by molar-refractivity contribution is 5.31. The number of nitrogens with two attached hydrogens (primary N) is 1. The second kappa shape index (κ2) is 4.93. The van der Waals surface area contributed by atoms with Crippen LogP contribution in [0.15, 0.2) is 24.3 Å². The van der Waals surface area contributed by atoms with E-state index in [1.807, 2.05) is 0 Å². The third-order valence-electron chi connectivity index (χ3n) is 5.16. The lowest BCUT2D eigenvalue weighted by molar-refractivity contribution is 0.0731. The van der Waals surface area contributed by atoms with Gasteiger partial charge < -0.3 is 10.5 Å². The van der Waals surface area contributed by atoms with E-state index in [4.69, 9.17) is 10.5 Å². The molecule has 98 valence electrons. The molecule has 2 heteroatoms. The lowest BCUT2D eigenvalue weighted by Gasteiger charge is -2.48. The number of hydrogen-bond donors (Lipinski definition) is 1. The molecule has 1 aromatic carbocycles. The van der Waals surface area contributed by atoms with Crippen molar-refractivity contribution in [2.45, 2.75) is 31.6 Å². The molecule has 18 heavy (non-hydrogen) atoms. The van der Waals surface area contributed by atoms with Crippen LogP contribution in [0, 0.1) is 17.8 Å². The molecule has 2 bridgehead atoms. The molecule has 0 amide bonds. The molecule has 0 spiro atoms. The van der Waals surface area contributed by atoms with E-state index in [0.29, 0.717) is 11.8 Å². The van der Waals surface area contributed by atoms with Gasteiger partial charge in [-0.15, -0.1) is 0 Å². The van der Waals surface area contributed by atoms with Crippen molar-refractivity contribution in [2.24, 2.45) is 23.5 Å². The van der Waals surface area contributed by atoms with Crippen molar-refractivity contribution in [3.05, 3.63) is 29.8 Å². The maximum Gasteiger partial charge on any atom is 0.118 e. The minimum Gasteiger partial charge on any atom is -0.497 e. The Morgan fingerprint density at radius 3 is 2.22 bits per heavy atom. The van der Waals surface area contributed by atoms with Crippen molar-refractivity contribution in [3.63, 3.8) is 0 Å². The van der Waals surface area contributed by atoms with Gasteiger partial charge in [0.2, 0.25) is 0 Å². The van der Waals surface area contributed by atoms with E-state index in [-0.39, 0.29) is 0 Å². The second-order valence-corrected chi connectivity index (χ2v) is 5.87. The highest BCUT2D eigenvalue weighted by Gasteiger charge is 2.43. The van der Waals surface area contributed by atoms with Crippen LogP contribution in [0.5, 0.6) is 5.75 Å². The number of benzene rings is 1. The summed E-state index contributed by atoms with van der Waals surface area (Å²) in [6.07, 6.45) is 5.61. The van der Waals surface area contributed by atoms with E-state index in [2.05, 4.69) is 24.3 Å². The van der Waals surface area contributed by atoms with Crippen LogP contribution < -0.4 is 10.5 Å². The van der Waals surface area contributed by atoms with Gasteiger partial charge in [0.05, 0.1) is 7.11 Å². The Morgan fingerprint density at radius 1 is 1.06 bits per heavy atom. The molecule has 2 N–H and O–H groups in total. The number of methoxy groups -OCH3 is 1. The summed E-state index contributed by atoms with van der Waals surface area (Å²) >= 11 is 0. The van der Waals surface area contributed by atoms with Crippen molar-refractivity contribution < 1.29 is 4.74 Å². The fourth-order valence-electron chi connectivity index (χ4n) is 4.26. The molecule has 0 aromatic heterocycles. The first-order chi connectivity index (χ1) is 8.83. The SMILES string of the molecule is COc1ccc(C2C3CCC(CC3)C2CN)cc1. The standard InChI is InChI=1S/C16H23NO/c1-18-14-8-6-13(7-9-14)16-12-4-2-11(3-5-12)15(16)10-17/h6-9,11-12,15-16H,2-5,10,17H2,1H3. The molecule has 2 atom stereocenters. The Bertz CT molecular complexity index is 392. The Balaban J connectivity index is 1.88. The van der Waals surface area contributed by atoms with Crippen LogP contribution in [0.1, 0.15) is 37.2 Å². The topological polar surface area (TPSA) is 35.2 Å². The summed E-state index contributed by atoms with van der Waals surface area (Å²) in [5, 5.41) is 0. The predicted octanol–water partition coefficient (Wildman–Crippen LogP) is 3.17. The zero-order valence-corrected chi connectivity index (χ0v) is 11.1. The van der Waals surface area contributed by atoms with Crippen LogP contribution in [0.25, 0.3) is 0 Å². The van der Waals surface area contributed by atoms with Gasteiger partial charge in [0.15, 0.2) is 0 Å². The molecule has 3 fully saturated rings. The van der Waals surface area contributed by atoms with E-state index in [0.717, 1.165) is 24.1 Å². The third kappa shape index (κ3) is 1.93. The molecule has 0 heterocycles. The van der Waals surface area contributed by atoms with E-state index in [9.17, 15) is 0 Å². The molecule has 0 aliphatic heterocycles.